The molecule has 0 aliphatic carbocycles. The van der Waals surface area contributed by atoms with Crippen molar-refractivity contribution in [3.05, 3.63) is 65.4 Å². The largest absolute Gasteiger partial charge is 0.490 e. The number of esters is 1. The lowest BCUT2D eigenvalue weighted by molar-refractivity contribution is 0.0600. The molecule has 1 amide bonds. The summed E-state index contributed by atoms with van der Waals surface area (Å²) in [7, 11) is 3.14. The molecule has 166 valence electrons. The van der Waals surface area contributed by atoms with E-state index in [4.69, 9.17) is 14.2 Å². The van der Waals surface area contributed by atoms with Crippen molar-refractivity contribution in [2.24, 2.45) is 7.05 Å². The highest BCUT2D eigenvalue weighted by Crippen LogP contribution is 2.34. The predicted octanol–water partition coefficient (Wildman–Crippen LogP) is 3.01. The molecular weight excluding hydrogens is 410 g/mol. The third-order valence-electron chi connectivity index (χ3n) is 5.17. The fourth-order valence-electron chi connectivity index (χ4n) is 3.52. The number of rotatable bonds is 6. The summed E-state index contributed by atoms with van der Waals surface area (Å²) >= 11 is 0. The molecule has 2 aromatic carbocycles. The molecule has 0 radical (unpaired) electrons. The Balaban J connectivity index is 1.44. The summed E-state index contributed by atoms with van der Waals surface area (Å²) in [6, 6.07) is 12.7. The van der Waals surface area contributed by atoms with Crippen molar-refractivity contribution in [1.29, 1.82) is 0 Å². The van der Waals surface area contributed by atoms with Crippen molar-refractivity contribution in [3.63, 3.8) is 0 Å². The zero-order valence-electron chi connectivity index (χ0n) is 18.1. The van der Waals surface area contributed by atoms with Crippen molar-refractivity contribution in [2.75, 3.05) is 26.9 Å². The van der Waals surface area contributed by atoms with Gasteiger partial charge in [0.25, 0.3) is 5.91 Å². The molecule has 0 saturated heterocycles. The SMILES string of the molecule is COC(=O)c1ccc(CCNC(=O)c2cn(C)nc2-c2ccc3c(c2)OCCCO3)cc1. The lowest BCUT2D eigenvalue weighted by Crippen LogP contribution is -2.25. The molecule has 1 aliphatic rings. The topological polar surface area (TPSA) is 91.7 Å². The van der Waals surface area contributed by atoms with Crippen LogP contribution in [0.1, 0.15) is 32.7 Å². The van der Waals surface area contributed by atoms with Crippen LogP contribution in [0.15, 0.2) is 48.7 Å². The van der Waals surface area contributed by atoms with Gasteiger partial charge >= 0.3 is 5.97 Å². The maximum absolute atomic E-state index is 12.9. The number of carbonyl (C=O) groups is 2. The minimum Gasteiger partial charge on any atom is -0.490 e. The smallest absolute Gasteiger partial charge is 0.337 e. The molecule has 1 N–H and O–H groups in total. The van der Waals surface area contributed by atoms with Crippen LogP contribution in [0.25, 0.3) is 11.3 Å². The first-order valence-corrected chi connectivity index (χ1v) is 10.4. The van der Waals surface area contributed by atoms with Gasteiger partial charge in [-0.25, -0.2) is 4.79 Å². The highest BCUT2D eigenvalue weighted by Gasteiger charge is 2.19. The van der Waals surface area contributed by atoms with Gasteiger partial charge in [-0.2, -0.15) is 5.10 Å². The molecule has 0 atom stereocenters. The minimum atomic E-state index is -0.372. The Morgan fingerprint density at radius 2 is 1.84 bits per heavy atom. The molecule has 8 heteroatoms. The molecule has 0 saturated carbocycles. The summed E-state index contributed by atoms with van der Waals surface area (Å²) in [5, 5.41) is 7.44. The summed E-state index contributed by atoms with van der Waals surface area (Å²) < 4.78 is 17.8. The number of benzene rings is 2. The number of ether oxygens (including phenoxy) is 3. The number of hydrogen-bond acceptors (Lipinski definition) is 6. The van der Waals surface area contributed by atoms with E-state index in [0.29, 0.717) is 54.5 Å². The van der Waals surface area contributed by atoms with E-state index < -0.39 is 0 Å². The fraction of sp³-hybridized carbons (Fsp3) is 0.292. The quantitative estimate of drug-likeness (QED) is 0.599. The van der Waals surface area contributed by atoms with Crippen LogP contribution >= 0.6 is 0 Å². The van der Waals surface area contributed by atoms with Gasteiger partial charge in [0, 0.05) is 31.8 Å². The molecule has 0 bridgehead atoms. The van der Waals surface area contributed by atoms with Crippen LogP contribution in [0, 0.1) is 0 Å². The molecular formula is C24H25N3O5. The standard InChI is InChI=1S/C24H25N3O5/c1-27-15-19(22(26-27)18-8-9-20-21(14-18)32-13-3-12-31-20)23(28)25-11-10-16-4-6-17(7-5-16)24(29)30-2/h4-9,14-15H,3,10-13H2,1-2H3,(H,25,28). The number of aromatic nitrogens is 2. The van der Waals surface area contributed by atoms with E-state index in [9.17, 15) is 9.59 Å². The Hall–Kier alpha value is -3.81. The Morgan fingerprint density at radius 1 is 1.09 bits per heavy atom. The van der Waals surface area contributed by atoms with Gasteiger partial charge in [-0.1, -0.05) is 12.1 Å². The van der Waals surface area contributed by atoms with E-state index in [2.05, 4.69) is 10.4 Å². The van der Waals surface area contributed by atoms with Gasteiger partial charge in [0.05, 0.1) is 31.5 Å². The summed E-state index contributed by atoms with van der Waals surface area (Å²) in [5.74, 6) is 0.786. The summed E-state index contributed by atoms with van der Waals surface area (Å²) in [4.78, 5) is 24.4. The van der Waals surface area contributed by atoms with Gasteiger partial charge in [-0.3, -0.25) is 9.48 Å². The number of aryl methyl sites for hydroxylation is 1. The van der Waals surface area contributed by atoms with Crippen LogP contribution < -0.4 is 14.8 Å². The van der Waals surface area contributed by atoms with Gasteiger partial charge in [-0.05, 0) is 42.3 Å². The lowest BCUT2D eigenvalue weighted by atomic mass is 10.1. The summed E-state index contributed by atoms with van der Waals surface area (Å²) in [5.41, 5.74) is 3.37. The second kappa shape index (κ2) is 9.55. The average molecular weight is 435 g/mol. The molecule has 0 spiro atoms. The Kier molecular flexibility index (Phi) is 6.39. The molecule has 1 aromatic heterocycles. The summed E-state index contributed by atoms with van der Waals surface area (Å²) in [6.07, 6.45) is 3.17. The minimum absolute atomic E-state index is 0.202. The number of amides is 1. The average Bonchev–Trinajstić information content (AvgIpc) is 3.05. The first kappa shape index (κ1) is 21.4. The van der Waals surface area contributed by atoms with Crippen molar-refractivity contribution < 1.29 is 23.8 Å². The molecule has 0 unspecified atom stereocenters. The van der Waals surface area contributed by atoms with E-state index in [0.717, 1.165) is 17.5 Å². The van der Waals surface area contributed by atoms with Gasteiger partial charge in [-0.15, -0.1) is 0 Å². The number of nitrogens with one attached hydrogen (secondary N) is 1. The van der Waals surface area contributed by atoms with Crippen molar-refractivity contribution in [2.45, 2.75) is 12.8 Å². The van der Waals surface area contributed by atoms with E-state index in [1.807, 2.05) is 30.3 Å². The number of methoxy groups -OCH3 is 1. The van der Waals surface area contributed by atoms with E-state index in [1.165, 1.54) is 7.11 Å². The summed E-state index contributed by atoms with van der Waals surface area (Å²) in [6.45, 7) is 1.66. The first-order valence-electron chi connectivity index (χ1n) is 10.4. The first-order chi connectivity index (χ1) is 15.5. The number of hydrogen-bond donors (Lipinski definition) is 1. The fourth-order valence-corrected chi connectivity index (χ4v) is 3.52. The zero-order chi connectivity index (χ0) is 22.5. The predicted molar refractivity (Wildman–Crippen MR) is 118 cm³/mol. The molecule has 2 heterocycles. The second-order valence-electron chi connectivity index (χ2n) is 7.47. The molecule has 32 heavy (non-hydrogen) atoms. The number of nitrogens with zero attached hydrogens (tertiary/aromatic N) is 2. The van der Waals surface area contributed by atoms with Crippen molar-refractivity contribution >= 4 is 11.9 Å². The molecule has 4 rings (SSSR count). The van der Waals surface area contributed by atoms with E-state index in [-0.39, 0.29) is 11.9 Å². The Labute approximate surface area is 186 Å². The van der Waals surface area contributed by atoms with Gasteiger partial charge < -0.3 is 19.5 Å². The molecule has 3 aromatic rings. The zero-order valence-corrected chi connectivity index (χ0v) is 18.1. The van der Waals surface area contributed by atoms with Crippen LogP contribution in [-0.2, 0) is 18.2 Å². The molecule has 8 nitrogen and oxygen atoms in total. The normalized spacial score (nSPS) is 12.7. The maximum atomic E-state index is 12.9. The van der Waals surface area contributed by atoms with Crippen molar-refractivity contribution in [1.82, 2.24) is 15.1 Å². The van der Waals surface area contributed by atoms with Crippen LogP contribution in [-0.4, -0.2) is 48.5 Å². The highest BCUT2D eigenvalue weighted by molar-refractivity contribution is 6.00. The number of carbonyl (C=O) groups excluding carboxylic acids is 2. The Bertz CT molecular complexity index is 1120. The Morgan fingerprint density at radius 3 is 2.59 bits per heavy atom. The van der Waals surface area contributed by atoms with Crippen LogP contribution in [0.2, 0.25) is 0 Å². The van der Waals surface area contributed by atoms with Gasteiger partial charge in [0.2, 0.25) is 0 Å². The third-order valence-corrected chi connectivity index (χ3v) is 5.17. The maximum Gasteiger partial charge on any atom is 0.337 e. The van der Waals surface area contributed by atoms with Crippen LogP contribution in [0.3, 0.4) is 0 Å². The van der Waals surface area contributed by atoms with E-state index >= 15 is 0 Å². The number of fused-ring (bicyclic) bond motifs is 1. The van der Waals surface area contributed by atoms with Crippen LogP contribution in [0.5, 0.6) is 11.5 Å². The molecule has 1 aliphatic heterocycles. The van der Waals surface area contributed by atoms with Crippen molar-refractivity contribution in [3.8, 4) is 22.8 Å². The lowest BCUT2D eigenvalue weighted by Gasteiger charge is -2.10. The van der Waals surface area contributed by atoms with Gasteiger partial charge in [0.15, 0.2) is 11.5 Å². The highest BCUT2D eigenvalue weighted by atomic mass is 16.5. The van der Waals surface area contributed by atoms with Crippen LogP contribution in [0.4, 0.5) is 0 Å². The third kappa shape index (κ3) is 4.74. The monoisotopic (exact) mass is 435 g/mol. The molecule has 0 fully saturated rings. The second-order valence-corrected chi connectivity index (χ2v) is 7.47. The van der Waals surface area contributed by atoms with E-state index in [1.54, 1.807) is 30.1 Å². The van der Waals surface area contributed by atoms with Gasteiger partial charge in [0.1, 0.15) is 5.69 Å².